The summed E-state index contributed by atoms with van der Waals surface area (Å²) in [5.74, 6) is 0.0854. The van der Waals surface area contributed by atoms with E-state index in [-0.39, 0.29) is 11.9 Å². The van der Waals surface area contributed by atoms with Gasteiger partial charge in [-0.1, -0.05) is 0 Å². The molecule has 20 heavy (non-hydrogen) atoms. The second-order valence-electron chi connectivity index (χ2n) is 5.59. The monoisotopic (exact) mass is 279 g/mol. The molecule has 1 aromatic rings. The van der Waals surface area contributed by atoms with Crippen LogP contribution in [0.15, 0.2) is 6.20 Å². The Hall–Kier alpha value is -1.36. The first-order valence-corrected chi connectivity index (χ1v) is 7.49. The Kier molecular flexibility index (Phi) is 5.17. The molecule has 1 saturated carbocycles. The van der Waals surface area contributed by atoms with Crippen molar-refractivity contribution >= 4 is 5.97 Å². The zero-order chi connectivity index (χ0) is 14.5. The van der Waals surface area contributed by atoms with E-state index in [1.54, 1.807) is 0 Å². The van der Waals surface area contributed by atoms with Gasteiger partial charge in [0.1, 0.15) is 0 Å². The SMILES string of the molecule is CCOC(=O)C1CCC(NCc2cn(C)nc2C)CC1. The molecule has 0 aliphatic heterocycles. The van der Waals surface area contributed by atoms with Gasteiger partial charge in [0.15, 0.2) is 0 Å². The average Bonchev–Trinajstić information content (AvgIpc) is 2.75. The van der Waals surface area contributed by atoms with Gasteiger partial charge in [0, 0.05) is 31.4 Å². The normalized spacial score (nSPS) is 22.8. The summed E-state index contributed by atoms with van der Waals surface area (Å²) in [6.45, 7) is 5.24. The van der Waals surface area contributed by atoms with E-state index in [1.165, 1.54) is 5.56 Å². The molecular formula is C15H25N3O2. The van der Waals surface area contributed by atoms with Crippen molar-refractivity contribution in [3.63, 3.8) is 0 Å². The van der Waals surface area contributed by atoms with E-state index in [9.17, 15) is 4.79 Å². The molecule has 0 amide bonds. The highest BCUT2D eigenvalue weighted by molar-refractivity contribution is 5.72. The predicted octanol–water partition coefficient (Wildman–Crippen LogP) is 1.94. The maximum atomic E-state index is 11.7. The molecule has 5 nitrogen and oxygen atoms in total. The number of esters is 1. The van der Waals surface area contributed by atoms with Gasteiger partial charge in [-0.2, -0.15) is 5.10 Å². The Labute approximate surface area is 120 Å². The van der Waals surface area contributed by atoms with Crippen molar-refractivity contribution in [1.82, 2.24) is 15.1 Å². The van der Waals surface area contributed by atoms with Gasteiger partial charge >= 0.3 is 5.97 Å². The molecule has 5 heteroatoms. The van der Waals surface area contributed by atoms with Crippen LogP contribution in [-0.2, 0) is 23.1 Å². The van der Waals surface area contributed by atoms with Gasteiger partial charge in [0.2, 0.25) is 0 Å². The summed E-state index contributed by atoms with van der Waals surface area (Å²) in [6.07, 6.45) is 6.02. The lowest BCUT2D eigenvalue weighted by Gasteiger charge is -2.27. The molecule has 1 aromatic heterocycles. The molecule has 0 bridgehead atoms. The highest BCUT2D eigenvalue weighted by Gasteiger charge is 2.26. The van der Waals surface area contributed by atoms with Gasteiger partial charge in [-0.3, -0.25) is 9.48 Å². The van der Waals surface area contributed by atoms with Gasteiger partial charge in [0.25, 0.3) is 0 Å². The largest absolute Gasteiger partial charge is 0.466 e. The minimum Gasteiger partial charge on any atom is -0.466 e. The van der Waals surface area contributed by atoms with Crippen LogP contribution in [0.4, 0.5) is 0 Å². The first-order valence-electron chi connectivity index (χ1n) is 7.49. The van der Waals surface area contributed by atoms with E-state index in [4.69, 9.17) is 4.74 Å². The topological polar surface area (TPSA) is 56.1 Å². The Morgan fingerprint density at radius 2 is 2.15 bits per heavy atom. The summed E-state index contributed by atoms with van der Waals surface area (Å²) < 4.78 is 6.95. The van der Waals surface area contributed by atoms with Crippen LogP contribution in [0.2, 0.25) is 0 Å². The van der Waals surface area contributed by atoms with Crippen LogP contribution in [-0.4, -0.2) is 28.4 Å². The lowest BCUT2D eigenvalue weighted by atomic mass is 9.86. The summed E-state index contributed by atoms with van der Waals surface area (Å²) in [5, 5.41) is 7.92. The van der Waals surface area contributed by atoms with Crippen molar-refractivity contribution in [3.05, 3.63) is 17.5 Å². The summed E-state index contributed by atoms with van der Waals surface area (Å²) >= 11 is 0. The van der Waals surface area contributed by atoms with Crippen LogP contribution in [0.3, 0.4) is 0 Å². The third-order valence-electron chi connectivity index (χ3n) is 4.04. The van der Waals surface area contributed by atoms with Gasteiger partial charge in [-0.05, 0) is 39.5 Å². The van der Waals surface area contributed by atoms with Crippen molar-refractivity contribution in [2.45, 2.75) is 52.1 Å². The fourth-order valence-corrected chi connectivity index (χ4v) is 2.87. The predicted molar refractivity (Wildman–Crippen MR) is 77.2 cm³/mol. The maximum absolute atomic E-state index is 11.7. The first kappa shape index (κ1) is 15.0. The minimum absolute atomic E-state index is 0.0194. The molecule has 0 unspecified atom stereocenters. The van der Waals surface area contributed by atoms with Crippen molar-refractivity contribution in [2.75, 3.05) is 6.61 Å². The number of aryl methyl sites for hydroxylation is 2. The molecule has 0 spiro atoms. The molecule has 2 rings (SSSR count). The zero-order valence-electron chi connectivity index (χ0n) is 12.7. The Morgan fingerprint density at radius 1 is 1.45 bits per heavy atom. The third-order valence-corrected chi connectivity index (χ3v) is 4.04. The van der Waals surface area contributed by atoms with Crippen LogP contribution in [0.1, 0.15) is 43.9 Å². The molecule has 0 radical (unpaired) electrons. The number of carbonyl (C=O) groups is 1. The zero-order valence-corrected chi connectivity index (χ0v) is 12.7. The summed E-state index contributed by atoms with van der Waals surface area (Å²) in [4.78, 5) is 11.7. The number of hydrogen-bond acceptors (Lipinski definition) is 4. The van der Waals surface area contributed by atoms with Crippen molar-refractivity contribution in [1.29, 1.82) is 0 Å². The number of ether oxygens (including phenoxy) is 1. The lowest BCUT2D eigenvalue weighted by molar-refractivity contribution is -0.149. The van der Waals surface area contributed by atoms with Gasteiger partial charge in [0.05, 0.1) is 18.2 Å². The number of nitrogens with zero attached hydrogens (tertiary/aromatic N) is 2. The molecule has 0 saturated heterocycles. The third kappa shape index (κ3) is 3.82. The lowest BCUT2D eigenvalue weighted by Crippen LogP contribution is -2.35. The number of aromatic nitrogens is 2. The van der Waals surface area contributed by atoms with Crippen LogP contribution in [0.5, 0.6) is 0 Å². The Bertz CT molecular complexity index is 448. The van der Waals surface area contributed by atoms with E-state index < -0.39 is 0 Å². The number of nitrogens with one attached hydrogen (secondary N) is 1. The summed E-state index contributed by atoms with van der Waals surface area (Å²) in [6, 6.07) is 0.500. The molecule has 112 valence electrons. The van der Waals surface area contributed by atoms with Crippen LogP contribution < -0.4 is 5.32 Å². The van der Waals surface area contributed by atoms with Gasteiger partial charge in [-0.25, -0.2) is 0 Å². The van der Waals surface area contributed by atoms with Crippen LogP contribution >= 0.6 is 0 Å². The minimum atomic E-state index is -0.0194. The fraction of sp³-hybridized carbons (Fsp3) is 0.733. The van der Waals surface area contributed by atoms with E-state index in [0.29, 0.717) is 12.6 Å². The molecule has 1 fully saturated rings. The average molecular weight is 279 g/mol. The smallest absolute Gasteiger partial charge is 0.308 e. The highest BCUT2D eigenvalue weighted by Crippen LogP contribution is 2.25. The Morgan fingerprint density at radius 3 is 2.70 bits per heavy atom. The molecule has 1 aliphatic rings. The highest BCUT2D eigenvalue weighted by atomic mass is 16.5. The molecule has 1 N–H and O–H groups in total. The van der Waals surface area contributed by atoms with E-state index in [0.717, 1.165) is 37.9 Å². The van der Waals surface area contributed by atoms with E-state index >= 15 is 0 Å². The maximum Gasteiger partial charge on any atom is 0.308 e. The summed E-state index contributed by atoms with van der Waals surface area (Å²) in [5.41, 5.74) is 2.33. The van der Waals surface area contributed by atoms with Crippen molar-refractivity contribution in [3.8, 4) is 0 Å². The second kappa shape index (κ2) is 6.88. The number of carbonyl (C=O) groups excluding carboxylic acids is 1. The van der Waals surface area contributed by atoms with Crippen LogP contribution in [0.25, 0.3) is 0 Å². The summed E-state index contributed by atoms with van der Waals surface area (Å²) in [7, 11) is 1.95. The second-order valence-corrected chi connectivity index (χ2v) is 5.59. The van der Waals surface area contributed by atoms with E-state index in [2.05, 4.69) is 16.6 Å². The quantitative estimate of drug-likeness (QED) is 0.837. The van der Waals surface area contributed by atoms with Crippen molar-refractivity contribution in [2.24, 2.45) is 13.0 Å². The van der Waals surface area contributed by atoms with Crippen LogP contribution in [0, 0.1) is 12.8 Å². The molecule has 0 aromatic carbocycles. The van der Waals surface area contributed by atoms with Gasteiger partial charge < -0.3 is 10.1 Å². The first-order chi connectivity index (χ1) is 9.60. The van der Waals surface area contributed by atoms with E-state index in [1.807, 2.05) is 25.6 Å². The standard InChI is InChI=1S/C15H25N3O2/c1-4-20-15(19)12-5-7-14(8-6-12)16-9-13-10-18(3)17-11(13)2/h10,12,14,16H,4-9H2,1-3H3. The van der Waals surface area contributed by atoms with Crippen molar-refractivity contribution < 1.29 is 9.53 Å². The molecule has 0 atom stereocenters. The molecule has 1 heterocycles. The fourth-order valence-electron chi connectivity index (χ4n) is 2.87. The number of rotatable bonds is 5. The van der Waals surface area contributed by atoms with Gasteiger partial charge in [-0.15, -0.1) is 0 Å². The molecular weight excluding hydrogens is 254 g/mol. The molecule has 1 aliphatic carbocycles. The number of hydrogen-bond donors (Lipinski definition) is 1. The Balaban J connectivity index is 1.74.